The quantitative estimate of drug-likeness (QED) is 0.269. The third-order valence-electron chi connectivity index (χ3n) is 6.38. The van der Waals surface area contributed by atoms with Crippen LogP contribution in [0.25, 0.3) is 27.5 Å². The molecule has 0 saturated heterocycles. The number of ketones is 1. The Bertz CT molecular complexity index is 1340. The molecule has 0 unspecified atom stereocenters. The fraction of sp³-hybridized carbons (Fsp3) is 0.370. The molecule has 0 radical (unpaired) electrons. The third-order valence-corrected chi connectivity index (χ3v) is 7.27. The molecule has 0 spiro atoms. The van der Waals surface area contributed by atoms with E-state index in [1.54, 1.807) is 41.1 Å². The van der Waals surface area contributed by atoms with Crippen molar-refractivity contribution in [3.63, 3.8) is 0 Å². The molecule has 4 heterocycles. The van der Waals surface area contributed by atoms with Crippen molar-refractivity contribution in [3.8, 4) is 21.8 Å². The number of pyridine rings is 1. The monoisotopic (exact) mass is 504 g/mol. The SMILES string of the molecule is CCC(=O)Nc1cc(C(=O)CC[C@H](C)N(CC)CC)cc(-c2cnn3ccc(-c4cccs4)nc23)n1. The highest BCUT2D eigenvalue weighted by molar-refractivity contribution is 7.13. The fourth-order valence-corrected chi connectivity index (χ4v) is 4.95. The van der Waals surface area contributed by atoms with Gasteiger partial charge in [0.05, 0.1) is 28.0 Å². The number of rotatable bonds is 11. The number of hydrogen-bond acceptors (Lipinski definition) is 7. The van der Waals surface area contributed by atoms with Gasteiger partial charge in [-0.3, -0.25) is 9.59 Å². The summed E-state index contributed by atoms with van der Waals surface area (Å²) in [6.45, 7) is 10.1. The summed E-state index contributed by atoms with van der Waals surface area (Å²) in [5.41, 5.74) is 3.26. The van der Waals surface area contributed by atoms with Gasteiger partial charge in [-0.2, -0.15) is 5.10 Å². The topological polar surface area (TPSA) is 92.5 Å². The number of aromatic nitrogens is 4. The van der Waals surface area contributed by atoms with Gasteiger partial charge in [0.2, 0.25) is 5.91 Å². The van der Waals surface area contributed by atoms with Crippen molar-refractivity contribution in [2.75, 3.05) is 18.4 Å². The van der Waals surface area contributed by atoms with Crippen LogP contribution in [0.1, 0.15) is 57.3 Å². The minimum absolute atomic E-state index is 0.0216. The lowest BCUT2D eigenvalue weighted by molar-refractivity contribution is -0.115. The van der Waals surface area contributed by atoms with E-state index in [-0.39, 0.29) is 11.7 Å². The van der Waals surface area contributed by atoms with Crippen molar-refractivity contribution in [1.82, 2.24) is 24.5 Å². The van der Waals surface area contributed by atoms with E-state index >= 15 is 0 Å². The van der Waals surface area contributed by atoms with E-state index in [1.165, 1.54) is 0 Å². The molecule has 9 heteroatoms. The molecule has 0 saturated carbocycles. The van der Waals surface area contributed by atoms with Crippen LogP contribution in [0.3, 0.4) is 0 Å². The van der Waals surface area contributed by atoms with Gasteiger partial charge in [0.15, 0.2) is 11.4 Å². The number of hydrogen-bond donors (Lipinski definition) is 1. The highest BCUT2D eigenvalue weighted by Crippen LogP contribution is 2.29. The Hall–Kier alpha value is -3.43. The molecule has 0 aliphatic rings. The van der Waals surface area contributed by atoms with E-state index in [0.717, 1.165) is 30.1 Å². The smallest absolute Gasteiger partial charge is 0.225 e. The van der Waals surface area contributed by atoms with Crippen LogP contribution in [0.4, 0.5) is 5.82 Å². The molecule has 4 aromatic rings. The summed E-state index contributed by atoms with van der Waals surface area (Å²) in [7, 11) is 0. The van der Waals surface area contributed by atoms with Crippen LogP contribution in [0.2, 0.25) is 0 Å². The molecule has 0 aliphatic heterocycles. The standard InChI is InChI=1S/C27H32N6O2S/c1-5-26(35)31-25-16-19(23(34)11-10-18(4)32(6-2)7-3)15-22(29-25)20-17-28-33-13-12-21(30-27(20)33)24-9-8-14-36-24/h8-9,12-18H,5-7,10-11H2,1-4H3,(H,29,31,35)/t18-/m0/s1. The average molecular weight is 505 g/mol. The largest absolute Gasteiger partial charge is 0.311 e. The van der Waals surface area contributed by atoms with E-state index in [2.05, 4.69) is 41.1 Å². The number of anilines is 1. The number of nitrogens with zero attached hydrogens (tertiary/aromatic N) is 5. The van der Waals surface area contributed by atoms with E-state index in [9.17, 15) is 9.59 Å². The minimum atomic E-state index is -0.161. The van der Waals surface area contributed by atoms with Gasteiger partial charge < -0.3 is 10.2 Å². The van der Waals surface area contributed by atoms with Gasteiger partial charge in [0.1, 0.15) is 5.82 Å². The fourth-order valence-electron chi connectivity index (χ4n) is 4.25. The summed E-state index contributed by atoms with van der Waals surface area (Å²) in [6.07, 6.45) is 5.06. The first-order chi connectivity index (χ1) is 17.4. The second-order valence-corrected chi connectivity index (χ2v) is 9.62. The number of amides is 1. The zero-order valence-electron chi connectivity index (χ0n) is 21.2. The lowest BCUT2D eigenvalue weighted by Crippen LogP contribution is -2.33. The van der Waals surface area contributed by atoms with Gasteiger partial charge in [-0.15, -0.1) is 11.3 Å². The lowest BCUT2D eigenvalue weighted by Gasteiger charge is -2.26. The van der Waals surface area contributed by atoms with Gasteiger partial charge >= 0.3 is 0 Å². The number of thiophene rings is 1. The van der Waals surface area contributed by atoms with Crippen molar-refractivity contribution in [1.29, 1.82) is 0 Å². The summed E-state index contributed by atoms with van der Waals surface area (Å²) in [5.74, 6) is 0.216. The lowest BCUT2D eigenvalue weighted by atomic mass is 10.0. The minimum Gasteiger partial charge on any atom is -0.311 e. The number of Topliss-reactive ketones (excluding diaryl/α,β-unsaturated/α-hetero) is 1. The number of carbonyl (C=O) groups is 2. The van der Waals surface area contributed by atoms with E-state index in [1.807, 2.05) is 29.8 Å². The Kier molecular flexibility index (Phi) is 8.22. The second kappa shape index (κ2) is 11.5. The highest BCUT2D eigenvalue weighted by atomic mass is 32.1. The van der Waals surface area contributed by atoms with Crippen LogP contribution in [0, 0.1) is 0 Å². The Morgan fingerprint density at radius 1 is 1.11 bits per heavy atom. The van der Waals surface area contributed by atoms with Crippen molar-refractivity contribution in [3.05, 3.63) is 53.7 Å². The van der Waals surface area contributed by atoms with Crippen molar-refractivity contribution in [2.24, 2.45) is 0 Å². The molecule has 0 bridgehead atoms. The molecule has 4 aromatic heterocycles. The van der Waals surface area contributed by atoms with Crippen LogP contribution in [0.15, 0.2) is 48.1 Å². The van der Waals surface area contributed by atoms with Crippen LogP contribution in [0.5, 0.6) is 0 Å². The van der Waals surface area contributed by atoms with Crippen molar-refractivity contribution in [2.45, 2.75) is 53.0 Å². The summed E-state index contributed by atoms with van der Waals surface area (Å²) >= 11 is 1.62. The first-order valence-corrected chi connectivity index (χ1v) is 13.3. The summed E-state index contributed by atoms with van der Waals surface area (Å²) < 4.78 is 1.69. The zero-order chi connectivity index (χ0) is 25.7. The van der Waals surface area contributed by atoms with Crippen molar-refractivity contribution < 1.29 is 9.59 Å². The second-order valence-electron chi connectivity index (χ2n) is 8.68. The molecule has 1 atom stereocenters. The normalized spacial score (nSPS) is 12.2. The predicted octanol–water partition coefficient (Wildman–Crippen LogP) is 5.56. The van der Waals surface area contributed by atoms with Gasteiger partial charge in [-0.25, -0.2) is 14.5 Å². The molecule has 1 amide bonds. The number of nitrogens with one attached hydrogen (secondary N) is 1. The van der Waals surface area contributed by atoms with Crippen LogP contribution in [-0.2, 0) is 4.79 Å². The van der Waals surface area contributed by atoms with Gasteiger partial charge in [0, 0.05) is 30.6 Å². The van der Waals surface area contributed by atoms with Crippen LogP contribution in [-0.4, -0.2) is 55.3 Å². The van der Waals surface area contributed by atoms with Crippen LogP contribution < -0.4 is 5.32 Å². The molecule has 0 fully saturated rings. The van der Waals surface area contributed by atoms with Gasteiger partial charge in [-0.1, -0.05) is 26.8 Å². The third kappa shape index (κ3) is 5.68. The molecular formula is C27H32N6O2S. The maximum atomic E-state index is 13.3. The Labute approximate surface area is 215 Å². The maximum Gasteiger partial charge on any atom is 0.225 e. The molecule has 188 valence electrons. The van der Waals surface area contributed by atoms with Crippen LogP contribution >= 0.6 is 11.3 Å². The predicted molar refractivity (Wildman–Crippen MR) is 144 cm³/mol. The molecule has 4 rings (SSSR count). The maximum absolute atomic E-state index is 13.3. The first-order valence-electron chi connectivity index (χ1n) is 12.4. The molecule has 1 N–H and O–H groups in total. The molecule has 0 aliphatic carbocycles. The highest BCUT2D eigenvalue weighted by Gasteiger charge is 2.18. The average Bonchev–Trinajstić information content (AvgIpc) is 3.57. The van der Waals surface area contributed by atoms with E-state index < -0.39 is 0 Å². The van der Waals surface area contributed by atoms with E-state index in [4.69, 9.17) is 4.98 Å². The van der Waals surface area contributed by atoms with Gasteiger partial charge in [-0.05, 0) is 56.1 Å². The molecule has 0 aromatic carbocycles. The Morgan fingerprint density at radius 3 is 2.61 bits per heavy atom. The van der Waals surface area contributed by atoms with E-state index in [0.29, 0.717) is 47.2 Å². The summed E-state index contributed by atoms with van der Waals surface area (Å²) in [6, 6.07) is 9.69. The summed E-state index contributed by atoms with van der Waals surface area (Å²) in [5, 5.41) is 9.27. The number of carbonyl (C=O) groups excluding carboxylic acids is 2. The first kappa shape index (κ1) is 25.7. The molecule has 36 heavy (non-hydrogen) atoms. The Balaban J connectivity index is 1.70. The zero-order valence-corrected chi connectivity index (χ0v) is 22.0. The van der Waals surface area contributed by atoms with Gasteiger partial charge in [0.25, 0.3) is 0 Å². The molecule has 8 nitrogen and oxygen atoms in total. The Morgan fingerprint density at radius 2 is 1.92 bits per heavy atom. The summed E-state index contributed by atoms with van der Waals surface area (Å²) in [4.78, 5) is 38.3. The molecular weight excluding hydrogens is 472 g/mol. The number of fused-ring (bicyclic) bond motifs is 1. The van der Waals surface area contributed by atoms with Crippen molar-refractivity contribution >= 4 is 34.5 Å².